The lowest BCUT2D eigenvalue weighted by Gasteiger charge is -2.24. The molecule has 2 rings (SSSR count). The van der Waals surface area contributed by atoms with Gasteiger partial charge in [0.25, 0.3) is 0 Å². The third-order valence-corrected chi connectivity index (χ3v) is 3.89. The SMILES string of the molecule is CC(C)(C)OC(=O)CN(C=Cc1ccc(N[SH](=O)=O)cc1)Cc1ccccn1. The summed E-state index contributed by atoms with van der Waals surface area (Å²) in [6.07, 6.45) is 5.35. The van der Waals surface area contributed by atoms with Crippen LogP contribution in [0.4, 0.5) is 5.69 Å². The number of nitrogens with one attached hydrogen (secondary N) is 1. The number of anilines is 1. The van der Waals surface area contributed by atoms with Crippen molar-refractivity contribution in [3.63, 3.8) is 0 Å². The minimum atomic E-state index is -2.69. The number of pyridine rings is 1. The monoisotopic (exact) mass is 403 g/mol. The molecule has 150 valence electrons. The molecule has 1 aromatic heterocycles. The van der Waals surface area contributed by atoms with Gasteiger partial charge in [0.2, 0.25) is 10.9 Å². The lowest BCUT2D eigenvalue weighted by Crippen LogP contribution is -2.32. The second-order valence-electron chi connectivity index (χ2n) is 7.12. The summed E-state index contributed by atoms with van der Waals surface area (Å²) in [5.74, 6) is -0.327. The van der Waals surface area contributed by atoms with E-state index < -0.39 is 16.5 Å². The summed E-state index contributed by atoms with van der Waals surface area (Å²) in [5.41, 5.74) is 1.63. The van der Waals surface area contributed by atoms with Crippen molar-refractivity contribution < 1.29 is 17.9 Å². The van der Waals surface area contributed by atoms with Crippen LogP contribution in [0, 0.1) is 0 Å². The molecule has 8 heteroatoms. The number of thiol groups is 1. The molecule has 0 bridgehead atoms. The van der Waals surface area contributed by atoms with Gasteiger partial charge in [-0.3, -0.25) is 14.5 Å². The molecule has 0 unspecified atom stereocenters. The number of esters is 1. The summed E-state index contributed by atoms with van der Waals surface area (Å²) in [6.45, 7) is 6.02. The summed E-state index contributed by atoms with van der Waals surface area (Å²) < 4.78 is 29.1. The zero-order valence-corrected chi connectivity index (χ0v) is 17.1. The topological polar surface area (TPSA) is 88.6 Å². The normalized spacial score (nSPS) is 11.6. The first-order chi connectivity index (χ1) is 13.2. The maximum atomic E-state index is 12.2. The molecule has 1 aromatic carbocycles. The number of benzene rings is 1. The predicted molar refractivity (Wildman–Crippen MR) is 110 cm³/mol. The van der Waals surface area contributed by atoms with E-state index in [-0.39, 0.29) is 12.5 Å². The molecule has 0 aliphatic heterocycles. The molecule has 1 N–H and O–H groups in total. The molecule has 0 atom stereocenters. The Bertz CT molecular complexity index is 865. The zero-order valence-electron chi connectivity index (χ0n) is 16.2. The first kappa shape index (κ1) is 21.4. The molecule has 28 heavy (non-hydrogen) atoms. The molecule has 0 spiro atoms. The van der Waals surface area contributed by atoms with E-state index in [2.05, 4.69) is 9.71 Å². The minimum Gasteiger partial charge on any atom is -0.459 e. The number of hydrogen-bond acceptors (Lipinski definition) is 6. The third-order valence-electron chi connectivity index (χ3n) is 3.45. The first-order valence-electron chi connectivity index (χ1n) is 8.76. The molecule has 0 aliphatic carbocycles. The van der Waals surface area contributed by atoms with E-state index >= 15 is 0 Å². The number of carbonyl (C=O) groups excluding carboxylic acids is 1. The molecule has 0 saturated heterocycles. The first-order valence-corrected chi connectivity index (χ1v) is 9.94. The molecule has 0 radical (unpaired) electrons. The highest BCUT2D eigenvalue weighted by Gasteiger charge is 2.18. The minimum absolute atomic E-state index is 0.0840. The standard InChI is InChI=1S/C20H25N3O4S/c1-20(2,3)27-19(24)15-23(14-18-6-4-5-12-21-18)13-11-16-7-9-17(10-8-16)22-28(25)26/h4-13,28H,14-15H2,1-3H3,(H,22,25,26). The van der Waals surface area contributed by atoms with Crippen molar-refractivity contribution in [1.29, 1.82) is 0 Å². The van der Waals surface area contributed by atoms with Crippen LogP contribution in [0.3, 0.4) is 0 Å². The van der Waals surface area contributed by atoms with Crippen molar-refractivity contribution in [2.24, 2.45) is 0 Å². The van der Waals surface area contributed by atoms with Crippen LogP contribution in [0.5, 0.6) is 0 Å². The van der Waals surface area contributed by atoms with Crippen LogP contribution >= 0.6 is 0 Å². The van der Waals surface area contributed by atoms with Gasteiger partial charge in [0.15, 0.2) is 0 Å². The van der Waals surface area contributed by atoms with Crippen LogP contribution in [-0.4, -0.2) is 36.4 Å². The fourth-order valence-electron chi connectivity index (χ4n) is 2.37. The van der Waals surface area contributed by atoms with Crippen molar-refractivity contribution in [2.75, 3.05) is 11.3 Å². The molecule has 7 nitrogen and oxygen atoms in total. The van der Waals surface area contributed by atoms with Crippen LogP contribution in [0.2, 0.25) is 0 Å². The maximum absolute atomic E-state index is 12.2. The van der Waals surface area contributed by atoms with Gasteiger partial charge in [-0.2, -0.15) is 0 Å². The summed E-state index contributed by atoms with van der Waals surface area (Å²) in [7, 11) is -2.69. The Morgan fingerprint density at radius 3 is 2.46 bits per heavy atom. The Labute approximate surface area is 167 Å². The van der Waals surface area contributed by atoms with E-state index in [0.717, 1.165) is 11.3 Å². The fraction of sp³-hybridized carbons (Fsp3) is 0.300. The maximum Gasteiger partial charge on any atom is 0.326 e. The second-order valence-corrected chi connectivity index (χ2v) is 7.86. The Morgan fingerprint density at radius 2 is 1.89 bits per heavy atom. The van der Waals surface area contributed by atoms with Gasteiger partial charge < -0.3 is 9.64 Å². The van der Waals surface area contributed by atoms with Crippen LogP contribution in [0.25, 0.3) is 6.08 Å². The predicted octanol–water partition coefficient (Wildman–Crippen LogP) is 2.83. The molecule has 0 aliphatic rings. The van der Waals surface area contributed by atoms with Crippen molar-refractivity contribution in [3.05, 3.63) is 66.1 Å². The Hall–Kier alpha value is -2.87. The molecule has 0 fully saturated rings. The Balaban J connectivity index is 2.11. The number of nitrogens with zero attached hydrogens (tertiary/aromatic N) is 2. The van der Waals surface area contributed by atoms with E-state index in [1.165, 1.54) is 0 Å². The molecule has 1 heterocycles. The van der Waals surface area contributed by atoms with E-state index in [4.69, 9.17) is 4.74 Å². The van der Waals surface area contributed by atoms with Gasteiger partial charge in [-0.15, -0.1) is 0 Å². The summed E-state index contributed by atoms with van der Waals surface area (Å²) in [4.78, 5) is 18.4. The summed E-state index contributed by atoms with van der Waals surface area (Å²) in [5, 5.41) is 0. The van der Waals surface area contributed by atoms with Crippen molar-refractivity contribution in [2.45, 2.75) is 32.9 Å². The van der Waals surface area contributed by atoms with E-state index in [1.807, 2.05) is 49.9 Å². The van der Waals surface area contributed by atoms with Crippen molar-refractivity contribution in [3.8, 4) is 0 Å². The lowest BCUT2D eigenvalue weighted by atomic mass is 10.2. The van der Waals surface area contributed by atoms with Crippen LogP contribution in [0.15, 0.2) is 54.9 Å². The van der Waals surface area contributed by atoms with Crippen LogP contribution in [-0.2, 0) is 27.0 Å². The average Bonchev–Trinajstić information content (AvgIpc) is 2.59. The fourth-order valence-corrected chi connectivity index (χ4v) is 2.73. The second kappa shape index (κ2) is 9.89. The Kier molecular flexibility index (Phi) is 7.57. The van der Waals surface area contributed by atoms with Gasteiger partial charge in [-0.1, -0.05) is 18.2 Å². The molecular formula is C20H25N3O4S. The van der Waals surface area contributed by atoms with Gasteiger partial charge >= 0.3 is 5.97 Å². The number of ether oxygens (including phenoxy) is 1. The molecular weight excluding hydrogens is 378 g/mol. The zero-order chi connectivity index (χ0) is 20.6. The molecule has 2 aromatic rings. The van der Waals surface area contributed by atoms with Crippen molar-refractivity contribution in [1.82, 2.24) is 9.88 Å². The smallest absolute Gasteiger partial charge is 0.326 e. The highest BCUT2D eigenvalue weighted by molar-refractivity contribution is 7.73. The number of hydrogen-bond donors (Lipinski definition) is 2. The van der Waals surface area contributed by atoms with Gasteiger partial charge in [0.1, 0.15) is 12.1 Å². The highest BCUT2D eigenvalue weighted by Crippen LogP contribution is 2.13. The summed E-state index contributed by atoms with van der Waals surface area (Å²) >= 11 is 0. The molecule has 0 amide bonds. The van der Waals surface area contributed by atoms with E-state index in [1.54, 1.807) is 36.7 Å². The average molecular weight is 404 g/mol. The Morgan fingerprint density at radius 1 is 1.18 bits per heavy atom. The highest BCUT2D eigenvalue weighted by atomic mass is 32.2. The van der Waals surface area contributed by atoms with E-state index in [9.17, 15) is 13.2 Å². The molecule has 0 saturated carbocycles. The van der Waals surface area contributed by atoms with Crippen molar-refractivity contribution >= 4 is 28.6 Å². The number of carbonyl (C=O) groups is 1. The van der Waals surface area contributed by atoms with Gasteiger partial charge in [-0.05, 0) is 56.7 Å². The lowest BCUT2D eigenvalue weighted by molar-refractivity contribution is -0.155. The van der Waals surface area contributed by atoms with Crippen LogP contribution in [0.1, 0.15) is 32.0 Å². The van der Waals surface area contributed by atoms with Crippen LogP contribution < -0.4 is 4.72 Å². The van der Waals surface area contributed by atoms with E-state index in [0.29, 0.717) is 12.2 Å². The third kappa shape index (κ3) is 8.22. The van der Waals surface area contributed by atoms with Gasteiger partial charge in [0, 0.05) is 18.1 Å². The van der Waals surface area contributed by atoms with Gasteiger partial charge in [-0.25, -0.2) is 8.42 Å². The summed E-state index contributed by atoms with van der Waals surface area (Å²) in [6, 6.07) is 12.5. The number of aromatic nitrogens is 1. The number of rotatable bonds is 8. The van der Waals surface area contributed by atoms with Gasteiger partial charge in [0.05, 0.1) is 12.2 Å². The largest absolute Gasteiger partial charge is 0.459 e. The quantitative estimate of drug-likeness (QED) is 0.520.